The first-order chi connectivity index (χ1) is 12.9. The Morgan fingerprint density at radius 3 is 2.59 bits per heavy atom. The van der Waals surface area contributed by atoms with Crippen molar-refractivity contribution >= 4 is 55.4 Å². The zero-order chi connectivity index (χ0) is 19.4. The maximum atomic E-state index is 6.24. The van der Waals surface area contributed by atoms with Gasteiger partial charge in [-0.2, -0.15) is 0 Å². The van der Waals surface area contributed by atoms with E-state index < -0.39 is 0 Å². The van der Waals surface area contributed by atoms with Gasteiger partial charge in [-0.15, -0.1) is 0 Å². The fraction of sp³-hybridized carbons (Fsp3) is 0.136. The van der Waals surface area contributed by atoms with Gasteiger partial charge in [0.25, 0.3) is 0 Å². The minimum atomic E-state index is 0.379. The van der Waals surface area contributed by atoms with Gasteiger partial charge in [-0.3, -0.25) is 4.99 Å². The molecule has 0 unspecified atom stereocenters. The summed E-state index contributed by atoms with van der Waals surface area (Å²) in [5, 5.41) is 0.691. The van der Waals surface area contributed by atoms with Crippen LogP contribution >= 0.6 is 43.5 Å². The third-order valence-corrected chi connectivity index (χ3v) is 5.49. The Bertz CT molecular complexity index is 1000. The molecule has 0 radical (unpaired) electrons. The lowest BCUT2D eigenvalue weighted by atomic mass is 10.1. The quantitative estimate of drug-likeness (QED) is 0.323. The van der Waals surface area contributed by atoms with Crippen molar-refractivity contribution < 1.29 is 4.74 Å². The predicted molar refractivity (Wildman–Crippen MR) is 121 cm³/mol. The molecule has 0 amide bonds. The number of benzene rings is 3. The number of nitrogens with zero attached hydrogens (tertiary/aromatic N) is 1. The van der Waals surface area contributed by atoms with E-state index in [1.807, 2.05) is 42.6 Å². The fourth-order valence-electron chi connectivity index (χ4n) is 2.59. The normalized spacial score (nSPS) is 11.1. The summed E-state index contributed by atoms with van der Waals surface area (Å²) >= 11 is 13.4. The number of aryl methyl sites for hydroxylation is 2. The van der Waals surface area contributed by atoms with Crippen molar-refractivity contribution in [2.45, 2.75) is 20.5 Å². The summed E-state index contributed by atoms with van der Waals surface area (Å²) in [7, 11) is 0. The van der Waals surface area contributed by atoms with E-state index in [0.29, 0.717) is 11.6 Å². The van der Waals surface area contributed by atoms with E-state index in [1.54, 1.807) is 0 Å². The Labute approximate surface area is 181 Å². The highest BCUT2D eigenvalue weighted by molar-refractivity contribution is 9.11. The van der Waals surface area contributed by atoms with Gasteiger partial charge in [0.05, 0.1) is 10.2 Å². The molecule has 3 aromatic carbocycles. The predicted octanol–water partition coefficient (Wildman–Crippen LogP) is 7.81. The van der Waals surface area contributed by atoms with Crippen molar-refractivity contribution in [2.24, 2.45) is 4.99 Å². The highest BCUT2D eigenvalue weighted by Crippen LogP contribution is 2.33. The smallest absolute Gasteiger partial charge is 0.142 e. The van der Waals surface area contributed by atoms with Gasteiger partial charge in [-0.25, -0.2) is 0 Å². The van der Waals surface area contributed by atoms with Crippen LogP contribution in [-0.2, 0) is 6.61 Å². The number of rotatable bonds is 5. The van der Waals surface area contributed by atoms with Gasteiger partial charge in [0, 0.05) is 26.8 Å². The first kappa shape index (κ1) is 20.1. The Morgan fingerprint density at radius 1 is 1.04 bits per heavy atom. The van der Waals surface area contributed by atoms with Crippen LogP contribution in [-0.4, -0.2) is 6.21 Å². The summed E-state index contributed by atoms with van der Waals surface area (Å²) in [6, 6.07) is 17.9. The average Bonchev–Trinajstić information content (AvgIpc) is 2.63. The Hall–Kier alpha value is -1.62. The summed E-state index contributed by atoms with van der Waals surface area (Å²) in [5.74, 6) is 0.729. The number of hydrogen-bond donors (Lipinski definition) is 0. The van der Waals surface area contributed by atoms with E-state index in [1.165, 1.54) is 5.56 Å². The summed E-state index contributed by atoms with van der Waals surface area (Å²) < 4.78 is 7.89. The molecule has 0 bridgehead atoms. The Kier molecular flexibility index (Phi) is 6.74. The summed E-state index contributed by atoms with van der Waals surface area (Å²) in [5.41, 5.74) is 5.07. The molecule has 0 fully saturated rings. The Morgan fingerprint density at radius 2 is 1.81 bits per heavy atom. The van der Waals surface area contributed by atoms with E-state index in [0.717, 1.165) is 37.1 Å². The molecule has 0 saturated heterocycles. The van der Waals surface area contributed by atoms with Crippen LogP contribution in [0.3, 0.4) is 0 Å². The van der Waals surface area contributed by atoms with Gasteiger partial charge in [0.1, 0.15) is 12.4 Å². The zero-order valence-corrected chi connectivity index (χ0v) is 18.9. The molecule has 2 nitrogen and oxygen atoms in total. The molecule has 0 atom stereocenters. The molecule has 5 heteroatoms. The van der Waals surface area contributed by atoms with Gasteiger partial charge in [0.2, 0.25) is 0 Å². The SMILES string of the molecule is Cc1ccc(C)c(N=Cc2cc(Br)cc(Br)c2OCc2ccccc2Cl)c1. The van der Waals surface area contributed by atoms with E-state index in [4.69, 9.17) is 16.3 Å². The standard InChI is InChI=1S/C22H18Br2ClNO/c1-14-7-8-15(2)21(9-14)26-12-17-10-18(23)11-19(24)22(17)27-13-16-5-3-4-6-20(16)25/h3-12H,13H2,1-2H3. The molecular formula is C22H18Br2ClNO. The van der Waals surface area contributed by atoms with Crippen molar-refractivity contribution in [3.8, 4) is 5.75 Å². The van der Waals surface area contributed by atoms with Crippen LogP contribution in [0.25, 0.3) is 0 Å². The molecule has 3 aromatic rings. The molecule has 0 saturated carbocycles. The molecular weight excluding hydrogens is 490 g/mol. The monoisotopic (exact) mass is 505 g/mol. The second-order valence-electron chi connectivity index (χ2n) is 6.23. The molecule has 27 heavy (non-hydrogen) atoms. The van der Waals surface area contributed by atoms with Crippen LogP contribution in [0.4, 0.5) is 5.69 Å². The number of aliphatic imine (C=N–C) groups is 1. The maximum Gasteiger partial charge on any atom is 0.142 e. The van der Waals surface area contributed by atoms with Crippen LogP contribution in [0.1, 0.15) is 22.3 Å². The summed E-state index contributed by atoms with van der Waals surface area (Å²) in [4.78, 5) is 4.68. The number of ether oxygens (including phenoxy) is 1. The maximum absolute atomic E-state index is 6.24. The van der Waals surface area contributed by atoms with Crippen LogP contribution in [0.15, 0.2) is 68.5 Å². The largest absolute Gasteiger partial charge is 0.487 e. The molecule has 0 aliphatic carbocycles. The third kappa shape index (κ3) is 5.22. The van der Waals surface area contributed by atoms with Crippen LogP contribution in [0, 0.1) is 13.8 Å². The molecule has 0 aliphatic heterocycles. The van der Waals surface area contributed by atoms with Gasteiger partial charge >= 0.3 is 0 Å². The number of hydrogen-bond acceptors (Lipinski definition) is 2. The second-order valence-corrected chi connectivity index (χ2v) is 8.41. The lowest BCUT2D eigenvalue weighted by Crippen LogP contribution is -2.00. The minimum Gasteiger partial charge on any atom is -0.487 e. The number of halogens is 3. The minimum absolute atomic E-state index is 0.379. The van der Waals surface area contributed by atoms with Crippen molar-refractivity contribution in [3.63, 3.8) is 0 Å². The summed E-state index contributed by atoms with van der Waals surface area (Å²) in [6.07, 6.45) is 1.83. The topological polar surface area (TPSA) is 21.6 Å². The van der Waals surface area contributed by atoms with Gasteiger partial charge in [-0.05, 0) is 65.2 Å². The first-order valence-electron chi connectivity index (χ1n) is 8.40. The fourth-order valence-corrected chi connectivity index (χ4v) is 4.15. The van der Waals surface area contributed by atoms with Crippen LogP contribution < -0.4 is 4.74 Å². The lowest BCUT2D eigenvalue weighted by Gasteiger charge is -2.13. The molecule has 0 N–H and O–H groups in total. The average molecular weight is 508 g/mol. The third-order valence-electron chi connectivity index (χ3n) is 4.07. The van der Waals surface area contributed by atoms with E-state index in [-0.39, 0.29) is 0 Å². The van der Waals surface area contributed by atoms with Crippen molar-refractivity contribution in [1.29, 1.82) is 0 Å². The van der Waals surface area contributed by atoms with Gasteiger partial charge in [0.15, 0.2) is 0 Å². The van der Waals surface area contributed by atoms with Crippen molar-refractivity contribution in [2.75, 3.05) is 0 Å². The highest BCUT2D eigenvalue weighted by atomic mass is 79.9. The van der Waals surface area contributed by atoms with Crippen LogP contribution in [0.2, 0.25) is 5.02 Å². The van der Waals surface area contributed by atoms with Crippen LogP contribution in [0.5, 0.6) is 5.75 Å². The van der Waals surface area contributed by atoms with Gasteiger partial charge in [-0.1, -0.05) is 57.9 Å². The van der Waals surface area contributed by atoms with E-state index in [2.05, 4.69) is 68.9 Å². The second kappa shape index (κ2) is 9.05. The highest BCUT2D eigenvalue weighted by Gasteiger charge is 2.11. The lowest BCUT2D eigenvalue weighted by molar-refractivity contribution is 0.304. The zero-order valence-electron chi connectivity index (χ0n) is 15.0. The molecule has 3 rings (SSSR count). The van der Waals surface area contributed by atoms with Crippen molar-refractivity contribution in [1.82, 2.24) is 0 Å². The first-order valence-corrected chi connectivity index (χ1v) is 10.4. The van der Waals surface area contributed by atoms with E-state index in [9.17, 15) is 0 Å². The molecule has 0 aromatic heterocycles. The van der Waals surface area contributed by atoms with Crippen molar-refractivity contribution in [3.05, 3.63) is 90.8 Å². The Balaban J connectivity index is 1.92. The molecule has 0 spiro atoms. The molecule has 0 heterocycles. The summed E-state index contributed by atoms with van der Waals surface area (Å²) in [6.45, 7) is 4.49. The molecule has 138 valence electrons. The van der Waals surface area contributed by atoms with E-state index >= 15 is 0 Å². The molecule has 0 aliphatic rings. The van der Waals surface area contributed by atoms with Gasteiger partial charge < -0.3 is 4.74 Å².